The van der Waals surface area contributed by atoms with Gasteiger partial charge in [-0.05, 0) is 26.8 Å². The summed E-state index contributed by atoms with van der Waals surface area (Å²) in [7, 11) is 1.52. The van der Waals surface area contributed by atoms with Crippen molar-refractivity contribution >= 4 is 17.8 Å². The first-order valence-corrected chi connectivity index (χ1v) is 8.89. The van der Waals surface area contributed by atoms with Crippen LogP contribution in [-0.4, -0.2) is 45.3 Å². The normalized spacial score (nSPS) is 13.1. The molecule has 0 fully saturated rings. The minimum Gasteiger partial charge on any atom is -0.481 e. The average Bonchev–Trinajstić information content (AvgIpc) is 3.23. The number of amides is 3. The molecule has 0 saturated carbocycles. The van der Waals surface area contributed by atoms with Gasteiger partial charge in [0.2, 0.25) is 5.88 Å². The quantitative estimate of drug-likeness (QED) is 0.809. The van der Waals surface area contributed by atoms with Gasteiger partial charge in [0, 0.05) is 30.8 Å². The lowest BCUT2D eigenvalue weighted by Crippen LogP contribution is -2.29. The number of anilines is 1. The molecule has 0 atom stereocenters. The Hall–Kier alpha value is -3.10. The number of ether oxygens (including phenoxy) is 1. The molecule has 3 amide bonds. The zero-order chi connectivity index (χ0) is 19.6. The number of carbonyl (C=O) groups is 2. The van der Waals surface area contributed by atoms with E-state index in [1.54, 1.807) is 27.9 Å². The van der Waals surface area contributed by atoms with Crippen molar-refractivity contribution < 1.29 is 14.3 Å². The zero-order valence-electron chi connectivity index (χ0n) is 15.9. The van der Waals surface area contributed by atoms with E-state index in [0.29, 0.717) is 41.6 Å². The fourth-order valence-corrected chi connectivity index (χ4v) is 3.02. The summed E-state index contributed by atoms with van der Waals surface area (Å²) in [5, 5.41) is 9.72. The van der Waals surface area contributed by atoms with Crippen molar-refractivity contribution in [1.29, 1.82) is 0 Å². The lowest BCUT2D eigenvalue weighted by molar-refractivity contribution is 0.0786. The number of fused-ring (bicyclic) bond motifs is 1. The first kappa shape index (κ1) is 18.7. The Morgan fingerprint density at radius 2 is 2.19 bits per heavy atom. The van der Waals surface area contributed by atoms with Gasteiger partial charge in [0.05, 0.1) is 31.1 Å². The fraction of sp³-hybridized carbons (Fsp3) is 0.444. The lowest BCUT2D eigenvalue weighted by atomic mass is 10.1. The molecule has 0 unspecified atom stereocenters. The minimum absolute atomic E-state index is 0.0470. The van der Waals surface area contributed by atoms with Crippen LogP contribution in [0.25, 0.3) is 0 Å². The highest BCUT2D eigenvalue weighted by Gasteiger charge is 2.29. The Kier molecular flexibility index (Phi) is 5.29. The van der Waals surface area contributed by atoms with Crippen LogP contribution >= 0.6 is 0 Å². The SMILES string of the molecule is CCN1Cc2nc(OC)c(CNC(=O)Nc3ccnn3C(C)C)cc2C1=O. The van der Waals surface area contributed by atoms with Gasteiger partial charge < -0.3 is 15.0 Å². The van der Waals surface area contributed by atoms with Gasteiger partial charge in [0.1, 0.15) is 5.82 Å². The fourth-order valence-electron chi connectivity index (χ4n) is 3.02. The van der Waals surface area contributed by atoms with E-state index in [4.69, 9.17) is 4.74 Å². The number of pyridine rings is 1. The second kappa shape index (κ2) is 7.65. The number of hydrogen-bond acceptors (Lipinski definition) is 5. The number of hydrogen-bond donors (Lipinski definition) is 2. The maximum absolute atomic E-state index is 12.4. The van der Waals surface area contributed by atoms with E-state index in [9.17, 15) is 9.59 Å². The number of methoxy groups -OCH3 is 1. The molecule has 9 nitrogen and oxygen atoms in total. The molecule has 0 bridgehead atoms. The first-order valence-electron chi connectivity index (χ1n) is 8.89. The summed E-state index contributed by atoms with van der Waals surface area (Å²) in [6, 6.07) is 3.23. The molecular formula is C18H24N6O3. The number of aromatic nitrogens is 3. The van der Waals surface area contributed by atoms with Crippen molar-refractivity contribution in [1.82, 2.24) is 25.0 Å². The van der Waals surface area contributed by atoms with Crippen molar-refractivity contribution in [2.75, 3.05) is 19.0 Å². The van der Waals surface area contributed by atoms with Crippen molar-refractivity contribution in [3.05, 3.63) is 35.2 Å². The van der Waals surface area contributed by atoms with Crippen molar-refractivity contribution in [2.24, 2.45) is 0 Å². The third kappa shape index (κ3) is 3.71. The van der Waals surface area contributed by atoms with Gasteiger partial charge in [-0.2, -0.15) is 5.10 Å². The second-order valence-corrected chi connectivity index (χ2v) is 6.53. The predicted octanol–water partition coefficient (Wildman–Crippen LogP) is 2.17. The Bertz CT molecular complexity index is 861. The standard InChI is InChI=1S/C18H24N6O3/c1-5-23-10-14-13(17(23)25)8-12(16(21-14)27-4)9-19-18(26)22-15-6-7-20-24(15)11(2)3/h6-8,11H,5,9-10H2,1-4H3,(H2,19,22,26). The molecule has 0 saturated heterocycles. The van der Waals surface area contributed by atoms with Crippen LogP contribution < -0.4 is 15.4 Å². The zero-order valence-corrected chi connectivity index (χ0v) is 15.9. The smallest absolute Gasteiger partial charge is 0.320 e. The van der Waals surface area contributed by atoms with E-state index in [-0.39, 0.29) is 24.5 Å². The van der Waals surface area contributed by atoms with Gasteiger partial charge in [-0.1, -0.05) is 0 Å². The summed E-state index contributed by atoms with van der Waals surface area (Å²) < 4.78 is 7.05. The minimum atomic E-state index is -0.374. The predicted molar refractivity (Wildman–Crippen MR) is 99.7 cm³/mol. The van der Waals surface area contributed by atoms with Crippen LogP contribution in [0, 0.1) is 0 Å². The average molecular weight is 372 g/mol. The van der Waals surface area contributed by atoms with E-state index >= 15 is 0 Å². The number of urea groups is 1. The molecule has 2 N–H and O–H groups in total. The molecular weight excluding hydrogens is 348 g/mol. The Morgan fingerprint density at radius 1 is 1.41 bits per heavy atom. The van der Waals surface area contributed by atoms with Crippen LogP contribution in [0.4, 0.5) is 10.6 Å². The molecule has 2 aromatic heterocycles. The first-order chi connectivity index (χ1) is 12.9. The molecule has 0 aliphatic carbocycles. The highest BCUT2D eigenvalue weighted by Crippen LogP contribution is 2.27. The van der Waals surface area contributed by atoms with Gasteiger partial charge in [0.15, 0.2) is 0 Å². The van der Waals surface area contributed by atoms with Crippen molar-refractivity contribution in [3.8, 4) is 5.88 Å². The number of nitrogens with one attached hydrogen (secondary N) is 2. The monoisotopic (exact) mass is 372 g/mol. The number of carbonyl (C=O) groups excluding carboxylic acids is 2. The van der Waals surface area contributed by atoms with Crippen LogP contribution in [0.2, 0.25) is 0 Å². The largest absolute Gasteiger partial charge is 0.481 e. The van der Waals surface area contributed by atoms with Gasteiger partial charge in [0.25, 0.3) is 5.91 Å². The second-order valence-electron chi connectivity index (χ2n) is 6.53. The van der Waals surface area contributed by atoms with Gasteiger partial charge >= 0.3 is 6.03 Å². The molecule has 1 aliphatic rings. The van der Waals surface area contributed by atoms with E-state index in [2.05, 4.69) is 20.7 Å². The molecule has 3 rings (SSSR count). The summed E-state index contributed by atoms with van der Waals surface area (Å²) >= 11 is 0. The number of rotatable bonds is 6. The van der Waals surface area contributed by atoms with Crippen LogP contribution in [-0.2, 0) is 13.1 Å². The molecule has 0 spiro atoms. The summed E-state index contributed by atoms with van der Waals surface area (Å²) in [4.78, 5) is 30.8. The summed E-state index contributed by atoms with van der Waals surface area (Å²) in [6.07, 6.45) is 1.63. The summed E-state index contributed by atoms with van der Waals surface area (Å²) in [5.41, 5.74) is 1.91. The van der Waals surface area contributed by atoms with Crippen LogP contribution in [0.3, 0.4) is 0 Å². The molecule has 1 aliphatic heterocycles. The van der Waals surface area contributed by atoms with Gasteiger partial charge in [-0.15, -0.1) is 0 Å². The van der Waals surface area contributed by atoms with E-state index in [1.807, 2.05) is 20.8 Å². The third-order valence-electron chi connectivity index (χ3n) is 4.41. The van der Waals surface area contributed by atoms with Crippen LogP contribution in [0.1, 0.15) is 48.4 Å². The molecule has 3 heterocycles. The van der Waals surface area contributed by atoms with Gasteiger partial charge in [-0.3, -0.25) is 10.1 Å². The maximum atomic E-state index is 12.4. The summed E-state index contributed by atoms with van der Waals surface area (Å²) in [5.74, 6) is 0.969. The molecule has 0 radical (unpaired) electrons. The molecule has 9 heteroatoms. The van der Waals surface area contributed by atoms with E-state index in [1.165, 1.54) is 7.11 Å². The van der Waals surface area contributed by atoms with E-state index < -0.39 is 0 Å². The van der Waals surface area contributed by atoms with Gasteiger partial charge in [-0.25, -0.2) is 14.5 Å². The molecule has 0 aromatic carbocycles. The highest BCUT2D eigenvalue weighted by molar-refractivity contribution is 5.98. The van der Waals surface area contributed by atoms with E-state index in [0.717, 1.165) is 0 Å². The highest BCUT2D eigenvalue weighted by atomic mass is 16.5. The third-order valence-corrected chi connectivity index (χ3v) is 4.41. The lowest BCUT2D eigenvalue weighted by Gasteiger charge is -2.13. The molecule has 144 valence electrons. The Balaban J connectivity index is 1.71. The van der Waals surface area contributed by atoms with Crippen LogP contribution in [0.15, 0.2) is 18.3 Å². The van der Waals surface area contributed by atoms with Crippen molar-refractivity contribution in [2.45, 2.75) is 39.9 Å². The Labute approximate surface area is 157 Å². The van der Waals surface area contributed by atoms with Crippen LogP contribution in [0.5, 0.6) is 5.88 Å². The summed E-state index contributed by atoms with van der Waals surface area (Å²) in [6.45, 7) is 7.17. The van der Waals surface area contributed by atoms with Crippen molar-refractivity contribution in [3.63, 3.8) is 0 Å². The topological polar surface area (TPSA) is 101 Å². The Morgan fingerprint density at radius 3 is 2.85 bits per heavy atom. The number of nitrogens with zero attached hydrogens (tertiary/aromatic N) is 4. The molecule has 2 aromatic rings. The maximum Gasteiger partial charge on any atom is 0.320 e. The molecule has 27 heavy (non-hydrogen) atoms.